The number of carbonyl (C=O) groups excluding carboxylic acids is 2. The number of phenolic OH excluding ortho intramolecular Hbond substituents is 1. The van der Waals surface area contributed by atoms with Crippen LogP contribution < -0.4 is 4.74 Å². The predicted molar refractivity (Wildman–Crippen MR) is 89.9 cm³/mol. The summed E-state index contributed by atoms with van der Waals surface area (Å²) in [5.74, 6) is -1.18. The van der Waals surface area contributed by atoms with E-state index in [2.05, 4.69) is 0 Å². The fourth-order valence-electron chi connectivity index (χ4n) is 2.02. The first-order valence-electron chi connectivity index (χ1n) is 7.43. The Bertz CT molecular complexity index is 760. The number of ether oxygens (including phenoxy) is 2. The topological polar surface area (TPSA) is 72.8 Å². The second-order valence-corrected chi connectivity index (χ2v) is 5.02. The minimum atomic E-state index is -0.772. The Balaban J connectivity index is 2.00. The summed E-state index contributed by atoms with van der Waals surface area (Å²) in [6, 6.07) is 11.5. The molecule has 0 aliphatic heterocycles. The number of rotatable bonds is 5. The number of aryl methyl sites for hydroxylation is 1. The van der Waals surface area contributed by atoms with E-state index >= 15 is 0 Å². The van der Waals surface area contributed by atoms with Gasteiger partial charge in [-0.25, -0.2) is 9.59 Å². The van der Waals surface area contributed by atoms with Crippen LogP contribution in [-0.2, 0) is 16.0 Å². The van der Waals surface area contributed by atoms with E-state index in [0.717, 1.165) is 18.1 Å². The maximum atomic E-state index is 11.9. The molecule has 5 nitrogen and oxygen atoms in total. The number of benzene rings is 2. The second kappa shape index (κ2) is 7.97. The van der Waals surface area contributed by atoms with Gasteiger partial charge < -0.3 is 14.6 Å². The first-order chi connectivity index (χ1) is 11.5. The smallest absolute Gasteiger partial charge is 0.346 e. The van der Waals surface area contributed by atoms with Crippen LogP contribution in [0.5, 0.6) is 11.5 Å². The van der Waals surface area contributed by atoms with Gasteiger partial charge in [-0.05, 0) is 47.9 Å². The van der Waals surface area contributed by atoms with Crippen molar-refractivity contribution in [2.24, 2.45) is 0 Å². The number of methoxy groups -OCH3 is 1. The first kappa shape index (κ1) is 17.3. The van der Waals surface area contributed by atoms with Crippen molar-refractivity contribution >= 4 is 18.0 Å². The molecule has 0 aliphatic carbocycles. The first-order valence-corrected chi connectivity index (χ1v) is 7.43. The third-order valence-corrected chi connectivity index (χ3v) is 3.41. The third kappa shape index (κ3) is 4.46. The molecule has 124 valence electrons. The molecule has 0 aromatic heterocycles. The largest absolute Gasteiger partial charge is 0.504 e. The van der Waals surface area contributed by atoms with E-state index in [4.69, 9.17) is 9.47 Å². The molecule has 0 atom stereocenters. The molecule has 0 saturated carbocycles. The fourth-order valence-corrected chi connectivity index (χ4v) is 2.02. The van der Waals surface area contributed by atoms with E-state index in [-0.39, 0.29) is 11.5 Å². The van der Waals surface area contributed by atoms with Crippen molar-refractivity contribution in [3.05, 3.63) is 65.2 Å². The van der Waals surface area contributed by atoms with E-state index in [1.54, 1.807) is 24.3 Å². The van der Waals surface area contributed by atoms with Crippen LogP contribution in [0, 0.1) is 0 Å². The van der Waals surface area contributed by atoms with E-state index in [1.807, 2.05) is 19.1 Å². The van der Waals surface area contributed by atoms with Crippen LogP contribution in [0.15, 0.2) is 48.5 Å². The normalized spacial score (nSPS) is 10.6. The summed E-state index contributed by atoms with van der Waals surface area (Å²) in [7, 11) is 1.43. The van der Waals surface area contributed by atoms with Gasteiger partial charge in [0.15, 0.2) is 11.5 Å². The summed E-state index contributed by atoms with van der Waals surface area (Å²) in [6.45, 7) is 2.01. The summed E-state index contributed by atoms with van der Waals surface area (Å²) < 4.78 is 9.75. The van der Waals surface area contributed by atoms with Crippen molar-refractivity contribution in [3.8, 4) is 11.5 Å². The fraction of sp³-hybridized carbons (Fsp3) is 0.158. The molecular weight excluding hydrogens is 308 g/mol. The zero-order valence-electron chi connectivity index (χ0n) is 13.5. The molecule has 0 saturated heterocycles. The van der Waals surface area contributed by atoms with Gasteiger partial charge in [0.05, 0.1) is 12.7 Å². The van der Waals surface area contributed by atoms with Gasteiger partial charge in [0.1, 0.15) is 0 Å². The maximum Gasteiger partial charge on any atom is 0.346 e. The molecule has 0 heterocycles. The van der Waals surface area contributed by atoms with Gasteiger partial charge in [0.25, 0.3) is 0 Å². The molecule has 0 spiro atoms. The Kier molecular flexibility index (Phi) is 5.73. The molecule has 2 aromatic carbocycles. The molecule has 0 aliphatic rings. The quantitative estimate of drug-likeness (QED) is 0.518. The average molecular weight is 326 g/mol. The molecule has 24 heavy (non-hydrogen) atoms. The van der Waals surface area contributed by atoms with Crippen LogP contribution >= 0.6 is 0 Å². The molecule has 0 amide bonds. The predicted octanol–water partition coefficient (Wildman–Crippen LogP) is 3.36. The molecule has 5 heteroatoms. The molecule has 0 fully saturated rings. The SMILES string of the molecule is CCc1ccc(C(=O)OC(=O)C=Cc2ccc(O)c(OC)c2)cc1. The maximum absolute atomic E-state index is 11.9. The Hall–Kier alpha value is -3.08. The number of hydrogen-bond acceptors (Lipinski definition) is 5. The highest BCUT2D eigenvalue weighted by atomic mass is 16.6. The minimum Gasteiger partial charge on any atom is -0.504 e. The Labute approximate surface area is 140 Å². The summed E-state index contributed by atoms with van der Waals surface area (Å²) in [4.78, 5) is 23.6. The Morgan fingerprint density at radius 3 is 2.46 bits per heavy atom. The summed E-state index contributed by atoms with van der Waals surface area (Å²) in [6.07, 6.45) is 3.48. The van der Waals surface area contributed by atoms with E-state index in [9.17, 15) is 14.7 Å². The minimum absolute atomic E-state index is 0.00271. The molecule has 2 aromatic rings. The van der Waals surface area contributed by atoms with Gasteiger partial charge in [0, 0.05) is 6.08 Å². The van der Waals surface area contributed by atoms with Crippen molar-refractivity contribution < 1.29 is 24.2 Å². The number of phenols is 1. The zero-order valence-corrected chi connectivity index (χ0v) is 13.5. The van der Waals surface area contributed by atoms with Crippen molar-refractivity contribution in [3.63, 3.8) is 0 Å². The van der Waals surface area contributed by atoms with E-state index in [1.165, 1.54) is 19.3 Å². The molecular formula is C19H18O5. The van der Waals surface area contributed by atoms with Crippen molar-refractivity contribution in [1.82, 2.24) is 0 Å². The van der Waals surface area contributed by atoms with Gasteiger partial charge in [-0.2, -0.15) is 0 Å². The highest BCUT2D eigenvalue weighted by molar-refractivity contribution is 6.01. The number of aromatic hydroxyl groups is 1. The molecule has 2 rings (SSSR count). The lowest BCUT2D eigenvalue weighted by Gasteiger charge is -2.04. The molecule has 0 bridgehead atoms. The van der Waals surface area contributed by atoms with Crippen LogP contribution in [0.4, 0.5) is 0 Å². The van der Waals surface area contributed by atoms with Gasteiger partial charge in [-0.3, -0.25) is 0 Å². The highest BCUT2D eigenvalue weighted by Crippen LogP contribution is 2.26. The monoisotopic (exact) mass is 326 g/mol. The van der Waals surface area contributed by atoms with E-state index < -0.39 is 11.9 Å². The summed E-state index contributed by atoms with van der Waals surface area (Å²) in [5.41, 5.74) is 2.04. The third-order valence-electron chi connectivity index (χ3n) is 3.41. The van der Waals surface area contributed by atoms with Crippen LogP contribution in [0.25, 0.3) is 6.08 Å². The van der Waals surface area contributed by atoms with Gasteiger partial charge in [0.2, 0.25) is 0 Å². The Morgan fingerprint density at radius 2 is 1.83 bits per heavy atom. The summed E-state index contributed by atoms with van der Waals surface area (Å²) >= 11 is 0. The van der Waals surface area contributed by atoms with Crippen molar-refractivity contribution in [2.45, 2.75) is 13.3 Å². The van der Waals surface area contributed by atoms with Crippen LogP contribution in [0.3, 0.4) is 0 Å². The van der Waals surface area contributed by atoms with Crippen LogP contribution in [0.1, 0.15) is 28.4 Å². The van der Waals surface area contributed by atoms with Crippen molar-refractivity contribution in [1.29, 1.82) is 0 Å². The number of esters is 2. The Morgan fingerprint density at radius 1 is 1.12 bits per heavy atom. The number of hydrogen-bond donors (Lipinski definition) is 1. The second-order valence-electron chi connectivity index (χ2n) is 5.02. The molecule has 1 N–H and O–H groups in total. The summed E-state index contributed by atoms with van der Waals surface area (Å²) in [5, 5.41) is 9.51. The van der Waals surface area contributed by atoms with Gasteiger partial charge >= 0.3 is 11.9 Å². The van der Waals surface area contributed by atoms with Gasteiger partial charge in [-0.15, -0.1) is 0 Å². The zero-order chi connectivity index (χ0) is 17.5. The molecule has 0 unspecified atom stereocenters. The lowest BCUT2D eigenvalue weighted by Crippen LogP contribution is -2.10. The standard InChI is InChI=1S/C19H18O5/c1-3-13-4-8-15(9-5-13)19(22)24-18(21)11-7-14-6-10-16(20)17(12-14)23-2/h4-12,20H,3H2,1-2H3. The van der Waals surface area contributed by atoms with E-state index in [0.29, 0.717) is 11.1 Å². The van der Waals surface area contributed by atoms with Crippen molar-refractivity contribution in [2.75, 3.05) is 7.11 Å². The van der Waals surface area contributed by atoms with Crippen LogP contribution in [-0.4, -0.2) is 24.2 Å². The lowest BCUT2D eigenvalue weighted by molar-refractivity contribution is -0.132. The van der Waals surface area contributed by atoms with Crippen LogP contribution in [0.2, 0.25) is 0 Å². The van der Waals surface area contributed by atoms with Gasteiger partial charge in [-0.1, -0.05) is 25.1 Å². The highest BCUT2D eigenvalue weighted by Gasteiger charge is 2.10. The number of carbonyl (C=O) groups is 2. The molecule has 0 radical (unpaired) electrons. The lowest BCUT2D eigenvalue weighted by atomic mass is 10.1. The average Bonchev–Trinajstić information content (AvgIpc) is 2.61.